The van der Waals surface area contributed by atoms with Crippen molar-refractivity contribution in [3.05, 3.63) is 35.4 Å². The molecule has 0 aromatic heterocycles. The van der Waals surface area contributed by atoms with E-state index in [0.717, 1.165) is 25.7 Å². The zero-order valence-electron chi connectivity index (χ0n) is 13.9. The first kappa shape index (κ1) is 19.0. The van der Waals surface area contributed by atoms with Crippen molar-refractivity contribution in [1.29, 1.82) is 0 Å². The molecule has 3 nitrogen and oxygen atoms in total. The Kier molecular flexibility index (Phi) is 6.89. The summed E-state index contributed by atoms with van der Waals surface area (Å²) in [6.07, 6.45) is 4.10. The van der Waals surface area contributed by atoms with Crippen LogP contribution in [0.25, 0.3) is 0 Å². The monoisotopic (exact) mass is 324 g/mol. The Morgan fingerprint density at radius 1 is 1.45 bits per heavy atom. The molecule has 0 bridgehead atoms. The van der Waals surface area contributed by atoms with Crippen LogP contribution in [0.5, 0.6) is 0 Å². The molecule has 1 saturated carbocycles. The standard InChI is InChI=1S/C18H28N2O.ClH/c1-13-7-6-8-15(11-13)14(2)12-20-17(21)16-9-4-5-10-18(16,3)19;/h6-8,11,14,16H,4-5,9-10,12,19H2,1-3H3,(H,20,21);1H. The van der Waals surface area contributed by atoms with Crippen LogP contribution in [0.15, 0.2) is 24.3 Å². The molecule has 3 N–H and O–H groups in total. The molecule has 1 aromatic rings. The number of nitrogens with two attached hydrogens (primary N) is 1. The molecule has 0 aliphatic heterocycles. The van der Waals surface area contributed by atoms with E-state index < -0.39 is 0 Å². The minimum absolute atomic E-state index is 0. The summed E-state index contributed by atoms with van der Waals surface area (Å²) in [7, 11) is 0. The van der Waals surface area contributed by atoms with Gasteiger partial charge < -0.3 is 11.1 Å². The van der Waals surface area contributed by atoms with Gasteiger partial charge in [-0.3, -0.25) is 4.79 Å². The first-order valence-electron chi connectivity index (χ1n) is 8.03. The van der Waals surface area contributed by atoms with Crippen LogP contribution in [0.1, 0.15) is 56.6 Å². The second-order valence-corrected chi connectivity index (χ2v) is 6.86. The molecule has 1 aliphatic carbocycles. The number of halogens is 1. The van der Waals surface area contributed by atoms with Gasteiger partial charge >= 0.3 is 0 Å². The van der Waals surface area contributed by atoms with Crippen LogP contribution < -0.4 is 11.1 Å². The fourth-order valence-corrected chi connectivity index (χ4v) is 3.26. The Bertz CT molecular complexity index is 502. The van der Waals surface area contributed by atoms with E-state index >= 15 is 0 Å². The van der Waals surface area contributed by atoms with Crippen LogP contribution in [0.3, 0.4) is 0 Å². The predicted octanol–water partition coefficient (Wildman–Crippen LogP) is 3.54. The predicted molar refractivity (Wildman–Crippen MR) is 94.4 cm³/mol. The number of rotatable bonds is 4. The summed E-state index contributed by atoms with van der Waals surface area (Å²) in [5.41, 5.74) is 8.48. The number of nitrogens with one attached hydrogen (secondary N) is 1. The maximum absolute atomic E-state index is 12.4. The summed E-state index contributed by atoms with van der Waals surface area (Å²) in [6, 6.07) is 8.47. The molecule has 3 atom stereocenters. The van der Waals surface area contributed by atoms with Crippen LogP contribution in [0.4, 0.5) is 0 Å². The number of hydrogen-bond acceptors (Lipinski definition) is 2. The van der Waals surface area contributed by atoms with Crippen LogP contribution >= 0.6 is 12.4 Å². The third-order valence-corrected chi connectivity index (χ3v) is 4.76. The Hall–Kier alpha value is -1.06. The molecule has 1 fully saturated rings. The number of aryl methyl sites for hydroxylation is 1. The van der Waals surface area contributed by atoms with Gasteiger partial charge in [-0.2, -0.15) is 0 Å². The van der Waals surface area contributed by atoms with E-state index in [2.05, 4.69) is 43.4 Å². The summed E-state index contributed by atoms with van der Waals surface area (Å²) in [5.74, 6) is 0.400. The highest BCUT2D eigenvalue weighted by Crippen LogP contribution is 2.31. The van der Waals surface area contributed by atoms with E-state index in [0.29, 0.717) is 12.5 Å². The van der Waals surface area contributed by atoms with Gasteiger partial charge in [0, 0.05) is 12.1 Å². The largest absolute Gasteiger partial charge is 0.355 e. The van der Waals surface area contributed by atoms with Gasteiger partial charge in [-0.15, -0.1) is 12.4 Å². The van der Waals surface area contributed by atoms with Crippen LogP contribution in [-0.2, 0) is 4.79 Å². The summed E-state index contributed by atoms with van der Waals surface area (Å²) in [5, 5.41) is 3.11. The Balaban J connectivity index is 0.00000242. The lowest BCUT2D eigenvalue weighted by Crippen LogP contribution is -2.53. The lowest BCUT2D eigenvalue weighted by Gasteiger charge is -2.37. The summed E-state index contributed by atoms with van der Waals surface area (Å²) >= 11 is 0. The van der Waals surface area contributed by atoms with Gasteiger partial charge in [-0.1, -0.05) is 49.6 Å². The van der Waals surface area contributed by atoms with E-state index in [-0.39, 0.29) is 29.8 Å². The average molecular weight is 325 g/mol. The van der Waals surface area contributed by atoms with Crippen molar-refractivity contribution in [3.8, 4) is 0 Å². The molecule has 3 unspecified atom stereocenters. The van der Waals surface area contributed by atoms with Gasteiger partial charge in [0.15, 0.2) is 0 Å². The lowest BCUT2D eigenvalue weighted by atomic mass is 9.74. The maximum atomic E-state index is 12.4. The van der Waals surface area contributed by atoms with E-state index in [1.54, 1.807) is 0 Å². The van der Waals surface area contributed by atoms with E-state index in [1.807, 2.05) is 6.92 Å². The second kappa shape index (κ2) is 7.98. The Morgan fingerprint density at radius 3 is 2.82 bits per heavy atom. The van der Waals surface area contributed by atoms with Gasteiger partial charge in [-0.05, 0) is 38.2 Å². The second-order valence-electron chi connectivity index (χ2n) is 6.86. The van der Waals surface area contributed by atoms with Gasteiger partial charge in [0.25, 0.3) is 0 Å². The van der Waals surface area contributed by atoms with Crippen molar-refractivity contribution in [2.45, 2.75) is 57.9 Å². The number of carbonyl (C=O) groups is 1. The van der Waals surface area contributed by atoms with E-state index in [1.165, 1.54) is 11.1 Å². The third kappa shape index (κ3) is 4.72. The number of benzene rings is 1. The quantitative estimate of drug-likeness (QED) is 0.890. The highest BCUT2D eigenvalue weighted by Gasteiger charge is 2.37. The van der Waals surface area contributed by atoms with Crippen LogP contribution in [-0.4, -0.2) is 18.0 Å². The van der Waals surface area contributed by atoms with Crippen molar-refractivity contribution >= 4 is 18.3 Å². The Labute approximate surface area is 140 Å². The fraction of sp³-hybridized carbons (Fsp3) is 0.611. The summed E-state index contributed by atoms with van der Waals surface area (Å²) in [6.45, 7) is 6.93. The molecule has 22 heavy (non-hydrogen) atoms. The molecule has 0 heterocycles. The van der Waals surface area contributed by atoms with Gasteiger partial charge in [-0.25, -0.2) is 0 Å². The molecule has 4 heteroatoms. The molecule has 0 saturated heterocycles. The molecular formula is C18H29ClN2O. The van der Waals surface area contributed by atoms with E-state index in [9.17, 15) is 4.79 Å². The van der Waals surface area contributed by atoms with Crippen molar-refractivity contribution in [2.75, 3.05) is 6.54 Å². The minimum atomic E-state index is -0.352. The van der Waals surface area contributed by atoms with Crippen molar-refractivity contribution in [1.82, 2.24) is 5.32 Å². The molecule has 1 aromatic carbocycles. The normalized spacial score (nSPS) is 25.9. The molecule has 1 amide bonds. The van der Waals surface area contributed by atoms with E-state index in [4.69, 9.17) is 5.73 Å². The zero-order valence-corrected chi connectivity index (χ0v) is 14.7. The molecule has 1 aliphatic rings. The molecule has 124 valence electrons. The molecular weight excluding hydrogens is 296 g/mol. The number of carbonyl (C=O) groups excluding carboxylic acids is 1. The van der Waals surface area contributed by atoms with Crippen LogP contribution in [0, 0.1) is 12.8 Å². The summed E-state index contributed by atoms with van der Waals surface area (Å²) in [4.78, 5) is 12.4. The lowest BCUT2D eigenvalue weighted by molar-refractivity contribution is -0.128. The molecule has 0 spiro atoms. The summed E-state index contributed by atoms with van der Waals surface area (Å²) < 4.78 is 0. The van der Waals surface area contributed by atoms with Gasteiger partial charge in [0.1, 0.15) is 0 Å². The Morgan fingerprint density at radius 2 is 2.18 bits per heavy atom. The third-order valence-electron chi connectivity index (χ3n) is 4.76. The number of amides is 1. The average Bonchev–Trinajstić information content (AvgIpc) is 2.44. The van der Waals surface area contributed by atoms with Gasteiger partial charge in [0.05, 0.1) is 5.92 Å². The highest BCUT2D eigenvalue weighted by molar-refractivity contribution is 5.85. The number of hydrogen-bond donors (Lipinski definition) is 2. The first-order chi connectivity index (χ1) is 9.90. The highest BCUT2D eigenvalue weighted by atomic mass is 35.5. The van der Waals surface area contributed by atoms with Crippen molar-refractivity contribution < 1.29 is 4.79 Å². The van der Waals surface area contributed by atoms with Crippen molar-refractivity contribution in [2.24, 2.45) is 11.7 Å². The fourth-order valence-electron chi connectivity index (χ4n) is 3.26. The smallest absolute Gasteiger partial charge is 0.224 e. The first-order valence-corrected chi connectivity index (χ1v) is 8.03. The molecule has 0 radical (unpaired) electrons. The molecule has 2 rings (SSSR count). The topological polar surface area (TPSA) is 55.1 Å². The van der Waals surface area contributed by atoms with Crippen molar-refractivity contribution in [3.63, 3.8) is 0 Å². The van der Waals surface area contributed by atoms with Crippen LogP contribution in [0.2, 0.25) is 0 Å². The zero-order chi connectivity index (χ0) is 15.5. The minimum Gasteiger partial charge on any atom is -0.355 e. The van der Waals surface area contributed by atoms with Gasteiger partial charge in [0.2, 0.25) is 5.91 Å². The maximum Gasteiger partial charge on any atom is 0.224 e. The SMILES string of the molecule is Cc1cccc(C(C)CNC(=O)C2CCCCC2(C)N)c1.Cl.